The molecule has 2 unspecified atom stereocenters. The van der Waals surface area contributed by atoms with E-state index in [1.165, 1.54) is 4.90 Å². The number of carbonyl (C=O) groups excluding carboxylic acids is 3. The fourth-order valence-electron chi connectivity index (χ4n) is 6.08. The Balaban J connectivity index is 1.73. The maximum absolute atomic E-state index is 13.8. The van der Waals surface area contributed by atoms with Gasteiger partial charge >= 0.3 is 0 Å². The second-order valence-electron chi connectivity index (χ2n) is 10.5. The van der Waals surface area contributed by atoms with Crippen LogP contribution in [-0.4, -0.2) is 63.7 Å². The number of nitrogens with zero attached hydrogens (tertiary/aromatic N) is 1. The molecule has 1 spiro atoms. The van der Waals surface area contributed by atoms with Crippen molar-refractivity contribution < 1.29 is 24.2 Å². The number of fused-ring (bicyclic) bond motifs is 1. The molecule has 0 radical (unpaired) electrons. The number of carbonyl (C=O) groups is 3. The zero-order valence-electron chi connectivity index (χ0n) is 19.9. The first-order valence-corrected chi connectivity index (χ1v) is 11.9. The van der Waals surface area contributed by atoms with Gasteiger partial charge in [-0.3, -0.25) is 14.4 Å². The summed E-state index contributed by atoms with van der Waals surface area (Å²) in [5, 5.41) is 15.4. The SMILES string of the molecule is CC[C@@]12CCC3(O1)C(C(=O)NC(C)(C)C)N(CCCO)C(=O)[C@@H]3[C@@H]2C(=O)Nc1ccccc1. The second-order valence-corrected chi connectivity index (χ2v) is 10.5. The van der Waals surface area contributed by atoms with Crippen LogP contribution in [0.15, 0.2) is 30.3 Å². The number of benzene rings is 1. The smallest absolute Gasteiger partial charge is 0.246 e. The third-order valence-corrected chi connectivity index (χ3v) is 7.31. The number of anilines is 1. The van der Waals surface area contributed by atoms with Crippen LogP contribution >= 0.6 is 0 Å². The highest BCUT2D eigenvalue weighted by Gasteiger charge is 2.78. The Hall–Kier alpha value is -2.45. The van der Waals surface area contributed by atoms with Crippen molar-refractivity contribution in [3.63, 3.8) is 0 Å². The van der Waals surface area contributed by atoms with Crippen LogP contribution in [-0.2, 0) is 19.1 Å². The van der Waals surface area contributed by atoms with E-state index < -0.39 is 34.6 Å². The summed E-state index contributed by atoms with van der Waals surface area (Å²) in [5.41, 5.74) is -1.64. The summed E-state index contributed by atoms with van der Waals surface area (Å²) in [7, 11) is 0. The molecule has 1 aromatic rings. The van der Waals surface area contributed by atoms with Crippen LogP contribution < -0.4 is 10.6 Å². The molecule has 8 heteroatoms. The van der Waals surface area contributed by atoms with Crippen molar-refractivity contribution in [3.8, 4) is 0 Å². The highest BCUT2D eigenvalue weighted by atomic mass is 16.5. The first kappa shape index (κ1) is 23.7. The van der Waals surface area contributed by atoms with Crippen molar-refractivity contribution in [2.24, 2.45) is 11.8 Å². The summed E-state index contributed by atoms with van der Waals surface area (Å²) in [5.74, 6) is -2.17. The molecule has 3 aliphatic heterocycles. The molecule has 3 aliphatic rings. The van der Waals surface area contributed by atoms with E-state index >= 15 is 0 Å². The van der Waals surface area contributed by atoms with E-state index in [0.29, 0.717) is 31.4 Å². The lowest BCUT2D eigenvalue weighted by atomic mass is 9.65. The zero-order chi connectivity index (χ0) is 24.0. The van der Waals surface area contributed by atoms with E-state index in [-0.39, 0.29) is 30.9 Å². The maximum Gasteiger partial charge on any atom is 0.246 e. The van der Waals surface area contributed by atoms with E-state index in [2.05, 4.69) is 10.6 Å². The average Bonchev–Trinajstić information content (AvgIpc) is 3.35. The summed E-state index contributed by atoms with van der Waals surface area (Å²) < 4.78 is 6.67. The summed E-state index contributed by atoms with van der Waals surface area (Å²) in [6, 6.07) is 8.34. The van der Waals surface area contributed by atoms with Crippen molar-refractivity contribution in [3.05, 3.63) is 30.3 Å². The van der Waals surface area contributed by atoms with Crippen LogP contribution in [0.3, 0.4) is 0 Å². The number of ether oxygens (including phenoxy) is 1. The summed E-state index contributed by atoms with van der Waals surface area (Å²) in [6.45, 7) is 7.81. The van der Waals surface area contributed by atoms with Gasteiger partial charge in [0.1, 0.15) is 11.6 Å². The van der Waals surface area contributed by atoms with Crippen LogP contribution in [0, 0.1) is 11.8 Å². The largest absolute Gasteiger partial charge is 0.396 e. The monoisotopic (exact) mass is 457 g/mol. The van der Waals surface area contributed by atoms with Crippen molar-refractivity contribution in [1.29, 1.82) is 0 Å². The van der Waals surface area contributed by atoms with Gasteiger partial charge in [-0.15, -0.1) is 0 Å². The molecule has 8 nitrogen and oxygen atoms in total. The number of likely N-dealkylation sites (tertiary alicyclic amines) is 1. The van der Waals surface area contributed by atoms with Gasteiger partial charge in [0.15, 0.2) is 0 Å². The third kappa shape index (κ3) is 3.83. The molecule has 2 bridgehead atoms. The molecule has 4 rings (SSSR count). The molecule has 0 saturated carbocycles. The van der Waals surface area contributed by atoms with Crippen molar-refractivity contribution in [2.45, 2.75) is 76.2 Å². The first-order chi connectivity index (χ1) is 15.6. The van der Waals surface area contributed by atoms with Gasteiger partial charge in [-0.1, -0.05) is 25.1 Å². The Kier molecular flexibility index (Phi) is 6.03. The fraction of sp³-hybridized carbons (Fsp3) is 0.640. The van der Waals surface area contributed by atoms with Gasteiger partial charge in [0.05, 0.1) is 17.4 Å². The van der Waals surface area contributed by atoms with Crippen molar-refractivity contribution in [1.82, 2.24) is 10.2 Å². The average molecular weight is 458 g/mol. The standard InChI is InChI=1S/C25H35N3O5/c1-5-24-12-13-25(33-24)18(17(24)20(30)26-16-10-7-6-8-11-16)22(32)28(14-9-15-29)19(25)21(31)27-23(2,3)4/h6-8,10-11,17-19,29H,5,9,12-15H2,1-4H3,(H,26,30)(H,27,31)/t17-,18+,19?,24+,25?/m1/s1. The van der Waals surface area contributed by atoms with Crippen molar-refractivity contribution >= 4 is 23.4 Å². The third-order valence-electron chi connectivity index (χ3n) is 7.31. The molecule has 0 aromatic heterocycles. The highest BCUT2D eigenvalue weighted by Crippen LogP contribution is 2.64. The molecule has 5 atom stereocenters. The molecular formula is C25H35N3O5. The van der Waals surface area contributed by atoms with Gasteiger partial charge in [0.2, 0.25) is 17.7 Å². The molecule has 33 heavy (non-hydrogen) atoms. The minimum Gasteiger partial charge on any atom is -0.396 e. The normalized spacial score (nSPS) is 32.7. The Labute approximate surface area is 195 Å². The number of nitrogens with one attached hydrogen (secondary N) is 2. The first-order valence-electron chi connectivity index (χ1n) is 11.9. The van der Waals surface area contributed by atoms with E-state index in [0.717, 1.165) is 0 Å². The van der Waals surface area contributed by atoms with E-state index in [4.69, 9.17) is 4.74 Å². The van der Waals surface area contributed by atoms with Gasteiger partial charge < -0.3 is 25.4 Å². The van der Waals surface area contributed by atoms with E-state index in [1.54, 1.807) is 0 Å². The number of para-hydroxylation sites is 1. The lowest BCUT2D eigenvalue weighted by molar-refractivity contribution is -0.147. The van der Waals surface area contributed by atoms with Crippen molar-refractivity contribution in [2.75, 3.05) is 18.5 Å². The lowest BCUT2D eigenvalue weighted by Crippen LogP contribution is -2.58. The zero-order valence-corrected chi connectivity index (χ0v) is 19.9. The number of rotatable bonds is 7. The van der Waals surface area contributed by atoms with Gasteiger partial charge in [-0.05, 0) is 58.6 Å². The summed E-state index contributed by atoms with van der Waals surface area (Å²) >= 11 is 0. The highest BCUT2D eigenvalue weighted by molar-refractivity contribution is 6.02. The molecule has 180 valence electrons. The quantitative estimate of drug-likeness (QED) is 0.581. The van der Waals surface area contributed by atoms with Crippen LogP contribution in [0.25, 0.3) is 0 Å². The Morgan fingerprint density at radius 2 is 1.88 bits per heavy atom. The molecule has 3 saturated heterocycles. The number of aliphatic hydroxyl groups excluding tert-OH is 1. The van der Waals surface area contributed by atoms with Gasteiger partial charge in [0.25, 0.3) is 0 Å². The van der Waals surface area contributed by atoms with E-state index in [1.807, 2.05) is 58.0 Å². The Morgan fingerprint density at radius 1 is 1.18 bits per heavy atom. The number of hydrogen-bond donors (Lipinski definition) is 3. The van der Waals surface area contributed by atoms with Crippen LogP contribution in [0.5, 0.6) is 0 Å². The second kappa shape index (κ2) is 8.40. The molecule has 3 heterocycles. The minimum absolute atomic E-state index is 0.0905. The van der Waals surface area contributed by atoms with Gasteiger partial charge in [-0.2, -0.15) is 0 Å². The predicted molar refractivity (Wildman–Crippen MR) is 123 cm³/mol. The number of hydrogen-bond acceptors (Lipinski definition) is 5. The molecular weight excluding hydrogens is 422 g/mol. The number of amides is 3. The number of aliphatic hydroxyl groups is 1. The molecule has 3 fully saturated rings. The van der Waals surface area contributed by atoms with Crippen LogP contribution in [0.2, 0.25) is 0 Å². The minimum atomic E-state index is -1.05. The maximum atomic E-state index is 13.8. The predicted octanol–water partition coefficient (Wildman–Crippen LogP) is 2.08. The van der Waals surface area contributed by atoms with Crippen LogP contribution in [0.4, 0.5) is 5.69 Å². The summed E-state index contributed by atoms with van der Waals surface area (Å²) in [4.78, 5) is 42.4. The molecule has 3 amide bonds. The Bertz CT molecular complexity index is 930. The molecule has 1 aromatic carbocycles. The fourth-order valence-corrected chi connectivity index (χ4v) is 6.08. The Morgan fingerprint density at radius 3 is 2.48 bits per heavy atom. The molecule has 3 N–H and O–H groups in total. The van der Waals surface area contributed by atoms with E-state index in [9.17, 15) is 19.5 Å². The van der Waals surface area contributed by atoms with Gasteiger partial charge in [0, 0.05) is 24.4 Å². The molecule has 0 aliphatic carbocycles. The van der Waals surface area contributed by atoms with Gasteiger partial charge in [-0.25, -0.2) is 0 Å². The summed E-state index contributed by atoms with van der Waals surface area (Å²) in [6.07, 6.45) is 2.10. The van der Waals surface area contributed by atoms with Crippen LogP contribution in [0.1, 0.15) is 53.4 Å². The lowest BCUT2D eigenvalue weighted by Gasteiger charge is -2.35. The topological polar surface area (TPSA) is 108 Å².